The van der Waals surface area contributed by atoms with Crippen molar-refractivity contribution in [2.75, 3.05) is 6.54 Å². The summed E-state index contributed by atoms with van der Waals surface area (Å²) < 4.78 is 1.22. The molecule has 0 amide bonds. The summed E-state index contributed by atoms with van der Waals surface area (Å²) in [6.07, 6.45) is 5.36. The summed E-state index contributed by atoms with van der Waals surface area (Å²) in [5.74, 6) is 0.748. The lowest BCUT2D eigenvalue weighted by Gasteiger charge is -2.12. The molecule has 0 heterocycles. The summed E-state index contributed by atoms with van der Waals surface area (Å²) in [6.45, 7) is 1.17. The fourth-order valence-corrected chi connectivity index (χ4v) is 2.85. The zero-order chi connectivity index (χ0) is 10.3. The van der Waals surface area contributed by atoms with Crippen LogP contribution in [0.25, 0.3) is 0 Å². The Kier molecular flexibility index (Phi) is 2.57. The highest BCUT2D eigenvalue weighted by atomic mass is 79.9. The predicted molar refractivity (Wildman–Crippen MR) is 66.2 cm³/mol. The summed E-state index contributed by atoms with van der Waals surface area (Å²) in [5, 5.41) is 3.64. The molecule has 1 aromatic carbocycles. The molecule has 2 heteroatoms. The van der Waals surface area contributed by atoms with E-state index in [1.807, 2.05) is 0 Å². The number of fused-ring (bicyclic) bond motifs is 1. The summed E-state index contributed by atoms with van der Waals surface area (Å²) >= 11 is 3.56. The average molecular weight is 266 g/mol. The Labute approximate surface area is 99.4 Å². The number of aryl methyl sites for hydroxylation is 1. The topological polar surface area (TPSA) is 12.0 Å². The van der Waals surface area contributed by atoms with E-state index in [1.54, 1.807) is 11.1 Å². The second kappa shape index (κ2) is 3.91. The summed E-state index contributed by atoms with van der Waals surface area (Å²) in [6, 6.07) is 7.58. The van der Waals surface area contributed by atoms with Crippen LogP contribution in [0, 0.1) is 0 Å². The quantitative estimate of drug-likeness (QED) is 0.885. The van der Waals surface area contributed by atoms with E-state index < -0.39 is 0 Å². The van der Waals surface area contributed by atoms with Gasteiger partial charge in [-0.1, -0.05) is 22.0 Å². The molecular formula is C13H16BrN. The van der Waals surface area contributed by atoms with Crippen molar-refractivity contribution in [1.29, 1.82) is 0 Å². The third-order valence-electron chi connectivity index (χ3n) is 3.54. The van der Waals surface area contributed by atoms with Crippen molar-refractivity contribution < 1.29 is 0 Å². The molecule has 0 spiro atoms. The standard InChI is InChI=1S/C13H16BrN/c14-11-4-3-9-1-2-10(13(9)7-11)8-15-12-5-6-12/h3-4,7,10,12,15H,1-2,5-6,8H2. The molecular weight excluding hydrogens is 250 g/mol. The Balaban J connectivity index is 1.74. The van der Waals surface area contributed by atoms with Gasteiger partial charge < -0.3 is 5.32 Å². The fraction of sp³-hybridized carbons (Fsp3) is 0.538. The molecule has 0 saturated heterocycles. The molecule has 0 radical (unpaired) electrons. The molecule has 1 saturated carbocycles. The van der Waals surface area contributed by atoms with Gasteiger partial charge in [0.1, 0.15) is 0 Å². The first-order valence-electron chi connectivity index (χ1n) is 5.84. The highest BCUT2D eigenvalue weighted by molar-refractivity contribution is 9.10. The third kappa shape index (κ3) is 2.11. The van der Waals surface area contributed by atoms with Crippen molar-refractivity contribution in [3.05, 3.63) is 33.8 Å². The van der Waals surface area contributed by atoms with Gasteiger partial charge in [0.15, 0.2) is 0 Å². The predicted octanol–water partition coefficient (Wildman–Crippen LogP) is 3.23. The van der Waals surface area contributed by atoms with E-state index in [4.69, 9.17) is 0 Å². The van der Waals surface area contributed by atoms with Crippen molar-refractivity contribution >= 4 is 15.9 Å². The van der Waals surface area contributed by atoms with Crippen LogP contribution >= 0.6 is 15.9 Å². The minimum Gasteiger partial charge on any atom is -0.313 e. The van der Waals surface area contributed by atoms with E-state index >= 15 is 0 Å². The molecule has 1 unspecified atom stereocenters. The summed E-state index contributed by atoms with van der Waals surface area (Å²) in [5.41, 5.74) is 3.12. The molecule has 80 valence electrons. The minimum absolute atomic E-state index is 0.748. The molecule has 0 aromatic heterocycles. The van der Waals surface area contributed by atoms with Gasteiger partial charge in [0.25, 0.3) is 0 Å². The van der Waals surface area contributed by atoms with Gasteiger partial charge in [-0.05, 0) is 54.9 Å². The van der Waals surface area contributed by atoms with Crippen LogP contribution in [0.3, 0.4) is 0 Å². The maximum atomic E-state index is 3.64. The monoisotopic (exact) mass is 265 g/mol. The lowest BCUT2D eigenvalue weighted by Crippen LogP contribution is -2.22. The van der Waals surface area contributed by atoms with Gasteiger partial charge in [-0.25, -0.2) is 0 Å². The Bertz CT molecular complexity index is 371. The van der Waals surface area contributed by atoms with Gasteiger partial charge in [0.2, 0.25) is 0 Å². The van der Waals surface area contributed by atoms with Crippen LogP contribution in [0.1, 0.15) is 36.3 Å². The van der Waals surface area contributed by atoms with Crippen molar-refractivity contribution in [2.45, 2.75) is 37.6 Å². The van der Waals surface area contributed by atoms with Crippen molar-refractivity contribution in [2.24, 2.45) is 0 Å². The Morgan fingerprint density at radius 2 is 2.13 bits per heavy atom. The third-order valence-corrected chi connectivity index (χ3v) is 4.03. The Morgan fingerprint density at radius 3 is 2.93 bits per heavy atom. The molecule has 1 atom stereocenters. The maximum absolute atomic E-state index is 3.64. The van der Waals surface area contributed by atoms with E-state index in [9.17, 15) is 0 Å². The van der Waals surface area contributed by atoms with Gasteiger partial charge in [-0.15, -0.1) is 0 Å². The second-order valence-corrected chi connectivity index (χ2v) is 5.68. The molecule has 1 N–H and O–H groups in total. The van der Waals surface area contributed by atoms with Crippen LogP contribution in [0.5, 0.6) is 0 Å². The SMILES string of the molecule is Brc1ccc2c(c1)C(CNC1CC1)CC2. The molecule has 2 aliphatic rings. The first-order chi connectivity index (χ1) is 7.33. The van der Waals surface area contributed by atoms with Gasteiger partial charge in [-0.3, -0.25) is 0 Å². The Morgan fingerprint density at radius 1 is 1.27 bits per heavy atom. The minimum atomic E-state index is 0.748. The number of halogens is 1. The lowest BCUT2D eigenvalue weighted by molar-refractivity contribution is 0.576. The van der Waals surface area contributed by atoms with Crippen LogP contribution < -0.4 is 5.32 Å². The second-order valence-electron chi connectivity index (χ2n) is 4.76. The van der Waals surface area contributed by atoms with Crippen LogP contribution in [-0.2, 0) is 6.42 Å². The normalized spacial score (nSPS) is 24.2. The van der Waals surface area contributed by atoms with Crippen LogP contribution in [0.4, 0.5) is 0 Å². The molecule has 15 heavy (non-hydrogen) atoms. The van der Waals surface area contributed by atoms with Gasteiger partial charge in [-0.2, -0.15) is 0 Å². The van der Waals surface area contributed by atoms with Crippen molar-refractivity contribution in [1.82, 2.24) is 5.32 Å². The largest absolute Gasteiger partial charge is 0.313 e. The average Bonchev–Trinajstić information content (AvgIpc) is 2.97. The first-order valence-corrected chi connectivity index (χ1v) is 6.64. The molecule has 0 aliphatic heterocycles. The van der Waals surface area contributed by atoms with E-state index in [1.165, 1.54) is 36.7 Å². The molecule has 1 nitrogen and oxygen atoms in total. The zero-order valence-corrected chi connectivity index (χ0v) is 10.4. The van der Waals surface area contributed by atoms with Crippen molar-refractivity contribution in [3.63, 3.8) is 0 Å². The molecule has 1 fully saturated rings. The van der Waals surface area contributed by atoms with Crippen LogP contribution in [-0.4, -0.2) is 12.6 Å². The number of benzene rings is 1. The molecule has 3 rings (SSSR count). The van der Waals surface area contributed by atoms with Crippen LogP contribution in [0.15, 0.2) is 22.7 Å². The van der Waals surface area contributed by atoms with E-state index in [2.05, 4.69) is 39.4 Å². The van der Waals surface area contributed by atoms with Gasteiger partial charge >= 0.3 is 0 Å². The zero-order valence-electron chi connectivity index (χ0n) is 8.80. The van der Waals surface area contributed by atoms with E-state index in [0.717, 1.165) is 12.0 Å². The fourth-order valence-electron chi connectivity index (χ4n) is 2.47. The van der Waals surface area contributed by atoms with E-state index in [0.29, 0.717) is 0 Å². The lowest BCUT2D eigenvalue weighted by atomic mass is 10.0. The first kappa shape index (κ1) is 9.86. The number of hydrogen-bond donors (Lipinski definition) is 1. The summed E-state index contributed by atoms with van der Waals surface area (Å²) in [4.78, 5) is 0. The molecule has 2 aliphatic carbocycles. The van der Waals surface area contributed by atoms with Gasteiger partial charge in [0.05, 0.1) is 0 Å². The number of hydrogen-bond acceptors (Lipinski definition) is 1. The smallest absolute Gasteiger partial charge is 0.0178 e. The highest BCUT2D eigenvalue weighted by Gasteiger charge is 2.26. The number of nitrogens with one attached hydrogen (secondary N) is 1. The van der Waals surface area contributed by atoms with Crippen molar-refractivity contribution in [3.8, 4) is 0 Å². The number of rotatable bonds is 3. The summed E-state index contributed by atoms with van der Waals surface area (Å²) in [7, 11) is 0. The molecule has 1 aromatic rings. The molecule has 0 bridgehead atoms. The van der Waals surface area contributed by atoms with Crippen LogP contribution in [0.2, 0.25) is 0 Å². The highest BCUT2D eigenvalue weighted by Crippen LogP contribution is 2.35. The van der Waals surface area contributed by atoms with E-state index in [-0.39, 0.29) is 0 Å². The Hall–Kier alpha value is -0.340. The van der Waals surface area contributed by atoms with Gasteiger partial charge in [0, 0.05) is 17.1 Å². The maximum Gasteiger partial charge on any atom is 0.0178 e.